The van der Waals surface area contributed by atoms with Crippen molar-refractivity contribution in [1.82, 2.24) is 0 Å². The second-order valence-corrected chi connectivity index (χ2v) is 4.97. The average Bonchev–Trinajstić information content (AvgIpc) is 2.51. The van der Waals surface area contributed by atoms with Crippen molar-refractivity contribution in [1.29, 1.82) is 0 Å². The summed E-state index contributed by atoms with van der Waals surface area (Å²) in [5.74, 6) is -0.995. The molecule has 0 aliphatic heterocycles. The van der Waals surface area contributed by atoms with Crippen LogP contribution in [0.25, 0.3) is 0 Å². The second kappa shape index (κ2) is 7.04. The Hall–Kier alpha value is -2.40. The van der Waals surface area contributed by atoms with Gasteiger partial charge in [0.15, 0.2) is 0 Å². The largest absolute Gasteiger partial charge is 0.326 e. The molecule has 0 aliphatic carbocycles. The van der Waals surface area contributed by atoms with Crippen molar-refractivity contribution in [2.45, 2.75) is 13.3 Å². The van der Waals surface area contributed by atoms with Gasteiger partial charge in [-0.25, -0.2) is 4.39 Å². The lowest BCUT2D eigenvalue weighted by atomic mass is 10.2. The first-order chi connectivity index (χ1) is 10.5. The van der Waals surface area contributed by atoms with E-state index >= 15 is 0 Å². The molecule has 0 aliphatic rings. The van der Waals surface area contributed by atoms with Gasteiger partial charge in [-0.2, -0.15) is 0 Å². The lowest BCUT2D eigenvalue weighted by molar-refractivity contribution is -0.115. The van der Waals surface area contributed by atoms with Crippen LogP contribution in [-0.4, -0.2) is 11.8 Å². The number of hydrogen-bond acceptors (Lipinski definition) is 2. The molecule has 4 nitrogen and oxygen atoms in total. The van der Waals surface area contributed by atoms with Gasteiger partial charge in [0.25, 0.3) is 5.91 Å². The minimum absolute atomic E-state index is 0.0598. The zero-order valence-corrected chi connectivity index (χ0v) is 12.6. The molecule has 0 fully saturated rings. The predicted octanol–water partition coefficient (Wildman–Crippen LogP) is 4.08. The van der Waals surface area contributed by atoms with Crippen LogP contribution < -0.4 is 10.6 Å². The summed E-state index contributed by atoms with van der Waals surface area (Å²) in [5, 5.41) is 5.25. The second-order valence-electron chi connectivity index (χ2n) is 4.56. The van der Waals surface area contributed by atoms with Crippen LogP contribution in [0.4, 0.5) is 15.8 Å². The topological polar surface area (TPSA) is 58.2 Å². The first-order valence-corrected chi connectivity index (χ1v) is 7.03. The maximum Gasteiger partial charge on any atom is 0.255 e. The summed E-state index contributed by atoms with van der Waals surface area (Å²) in [6.07, 6.45) is 0.383. The third-order valence-corrected chi connectivity index (χ3v) is 3.22. The predicted molar refractivity (Wildman–Crippen MR) is 84.7 cm³/mol. The van der Waals surface area contributed by atoms with Crippen LogP contribution in [0.1, 0.15) is 23.7 Å². The zero-order valence-electron chi connectivity index (χ0n) is 11.8. The quantitative estimate of drug-likeness (QED) is 0.891. The van der Waals surface area contributed by atoms with Gasteiger partial charge < -0.3 is 10.6 Å². The molecule has 0 saturated carbocycles. The third kappa shape index (κ3) is 4.05. The van der Waals surface area contributed by atoms with E-state index in [0.29, 0.717) is 23.4 Å². The Kier molecular flexibility index (Phi) is 5.12. The molecule has 114 valence electrons. The Balaban J connectivity index is 2.06. The fourth-order valence-electron chi connectivity index (χ4n) is 1.73. The SMILES string of the molecule is CCC(=O)Nc1ccc(C(=O)Nc2ccc(F)c(Cl)c2)cc1. The molecule has 6 heteroatoms. The summed E-state index contributed by atoms with van der Waals surface area (Å²) in [6, 6.07) is 10.4. The standard InChI is InChI=1S/C16H14ClFN2O2/c1-2-15(21)19-11-5-3-10(4-6-11)16(22)20-12-7-8-14(18)13(17)9-12/h3-9H,2H2,1H3,(H,19,21)(H,20,22). The van der Waals surface area contributed by atoms with Crippen LogP contribution in [0.3, 0.4) is 0 Å². The highest BCUT2D eigenvalue weighted by atomic mass is 35.5. The van der Waals surface area contributed by atoms with Gasteiger partial charge in [0.05, 0.1) is 5.02 Å². The molecule has 0 saturated heterocycles. The van der Waals surface area contributed by atoms with Gasteiger partial charge in [-0.05, 0) is 42.5 Å². The van der Waals surface area contributed by atoms with E-state index in [1.54, 1.807) is 31.2 Å². The lowest BCUT2D eigenvalue weighted by Gasteiger charge is -2.07. The van der Waals surface area contributed by atoms with E-state index < -0.39 is 5.82 Å². The van der Waals surface area contributed by atoms with E-state index in [0.717, 1.165) is 0 Å². The Labute approximate surface area is 132 Å². The highest BCUT2D eigenvalue weighted by Crippen LogP contribution is 2.20. The average molecular weight is 321 g/mol. The minimum atomic E-state index is -0.546. The van der Waals surface area contributed by atoms with E-state index in [2.05, 4.69) is 10.6 Å². The van der Waals surface area contributed by atoms with Crippen LogP contribution in [0.15, 0.2) is 42.5 Å². The lowest BCUT2D eigenvalue weighted by Crippen LogP contribution is -2.13. The first kappa shape index (κ1) is 16.0. The van der Waals surface area contributed by atoms with Crippen molar-refractivity contribution in [3.05, 3.63) is 58.9 Å². The number of anilines is 2. The molecule has 0 radical (unpaired) electrons. The van der Waals surface area contributed by atoms with Crippen molar-refractivity contribution in [3.8, 4) is 0 Å². The van der Waals surface area contributed by atoms with E-state index in [-0.39, 0.29) is 16.8 Å². The Bertz CT molecular complexity index is 702. The van der Waals surface area contributed by atoms with Gasteiger partial charge >= 0.3 is 0 Å². The molecule has 0 aromatic heterocycles. The number of hydrogen-bond donors (Lipinski definition) is 2. The molecule has 0 unspecified atom stereocenters. The Morgan fingerprint density at radius 3 is 2.27 bits per heavy atom. The number of amides is 2. The molecular weight excluding hydrogens is 307 g/mol. The number of carbonyl (C=O) groups excluding carboxylic acids is 2. The van der Waals surface area contributed by atoms with Gasteiger partial charge in [-0.1, -0.05) is 18.5 Å². The van der Waals surface area contributed by atoms with E-state index in [9.17, 15) is 14.0 Å². The molecule has 0 spiro atoms. The molecule has 0 heterocycles. The van der Waals surface area contributed by atoms with Gasteiger partial charge in [0, 0.05) is 23.4 Å². The van der Waals surface area contributed by atoms with Gasteiger partial charge in [0.2, 0.25) is 5.91 Å². The maximum atomic E-state index is 13.1. The van der Waals surface area contributed by atoms with E-state index in [1.165, 1.54) is 18.2 Å². The monoisotopic (exact) mass is 320 g/mol. The zero-order chi connectivity index (χ0) is 16.1. The van der Waals surface area contributed by atoms with Crippen LogP contribution in [-0.2, 0) is 4.79 Å². The van der Waals surface area contributed by atoms with E-state index in [4.69, 9.17) is 11.6 Å². The number of carbonyl (C=O) groups is 2. The van der Waals surface area contributed by atoms with Crippen molar-refractivity contribution in [3.63, 3.8) is 0 Å². The third-order valence-electron chi connectivity index (χ3n) is 2.93. The minimum Gasteiger partial charge on any atom is -0.326 e. The van der Waals surface area contributed by atoms with Crippen LogP contribution in [0.2, 0.25) is 5.02 Å². The fourth-order valence-corrected chi connectivity index (χ4v) is 1.91. The van der Waals surface area contributed by atoms with Crippen molar-refractivity contribution in [2.24, 2.45) is 0 Å². The van der Waals surface area contributed by atoms with Gasteiger partial charge in [-0.3, -0.25) is 9.59 Å². The maximum absolute atomic E-state index is 13.1. The Morgan fingerprint density at radius 2 is 1.68 bits per heavy atom. The first-order valence-electron chi connectivity index (χ1n) is 6.66. The fraction of sp³-hybridized carbons (Fsp3) is 0.125. The normalized spacial score (nSPS) is 10.1. The number of benzene rings is 2. The molecule has 0 bridgehead atoms. The summed E-state index contributed by atoms with van der Waals surface area (Å²) in [5.41, 5.74) is 1.43. The van der Waals surface area contributed by atoms with E-state index in [1.807, 2.05) is 0 Å². The number of rotatable bonds is 4. The Morgan fingerprint density at radius 1 is 1.05 bits per heavy atom. The van der Waals surface area contributed by atoms with Gasteiger partial charge in [0.1, 0.15) is 5.82 Å². The molecule has 2 aromatic carbocycles. The highest BCUT2D eigenvalue weighted by Gasteiger charge is 2.08. The molecule has 2 N–H and O–H groups in total. The summed E-state index contributed by atoms with van der Waals surface area (Å²) < 4.78 is 13.1. The highest BCUT2D eigenvalue weighted by molar-refractivity contribution is 6.31. The number of halogens is 2. The smallest absolute Gasteiger partial charge is 0.255 e. The summed E-state index contributed by atoms with van der Waals surface area (Å²) in [4.78, 5) is 23.3. The molecular formula is C16H14ClFN2O2. The van der Waals surface area contributed by atoms with Crippen molar-refractivity contribution in [2.75, 3.05) is 10.6 Å². The number of nitrogens with one attached hydrogen (secondary N) is 2. The molecule has 2 aromatic rings. The van der Waals surface area contributed by atoms with Crippen molar-refractivity contribution < 1.29 is 14.0 Å². The molecule has 0 atom stereocenters. The molecule has 2 amide bonds. The molecule has 2 rings (SSSR count). The van der Waals surface area contributed by atoms with Crippen LogP contribution in [0.5, 0.6) is 0 Å². The van der Waals surface area contributed by atoms with Crippen LogP contribution in [0, 0.1) is 5.82 Å². The summed E-state index contributed by atoms with van der Waals surface area (Å²) in [7, 11) is 0. The van der Waals surface area contributed by atoms with Crippen LogP contribution >= 0.6 is 11.6 Å². The summed E-state index contributed by atoms with van der Waals surface area (Å²) in [6.45, 7) is 1.75. The van der Waals surface area contributed by atoms with Gasteiger partial charge in [-0.15, -0.1) is 0 Å². The van der Waals surface area contributed by atoms with Crippen molar-refractivity contribution >= 4 is 34.8 Å². The molecule has 22 heavy (non-hydrogen) atoms. The summed E-state index contributed by atoms with van der Waals surface area (Å²) >= 11 is 5.66.